The average molecular weight is 1460 g/mol. The Balaban J connectivity index is 1.64. The number of fused-ring (bicyclic) bond motifs is 1. The third-order valence-electron chi connectivity index (χ3n) is 18.8. The lowest BCUT2D eigenvalue weighted by molar-refractivity contribution is -0.141. The van der Waals surface area contributed by atoms with E-state index in [-0.39, 0.29) is 75.3 Å². The topological polar surface area (TPSA) is 432 Å². The van der Waals surface area contributed by atoms with Crippen molar-refractivity contribution in [3.8, 4) is 0 Å². The maximum Gasteiger partial charge on any atom is 0.246 e. The second kappa shape index (κ2) is 41.3. The Morgan fingerprint density at radius 1 is 0.663 bits per heavy atom. The predicted molar refractivity (Wildman–Crippen MR) is 385 cm³/mol. The van der Waals surface area contributed by atoms with Crippen molar-refractivity contribution in [3.63, 3.8) is 0 Å². The fourth-order valence-electron chi connectivity index (χ4n) is 12.1. The van der Waals surface area contributed by atoms with Crippen LogP contribution in [0.3, 0.4) is 0 Å². The highest BCUT2D eigenvalue weighted by molar-refractivity contribution is 6.41. The lowest BCUT2D eigenvalue weighted by Crippen LogP contribution is -2.62. The molecule has 1 aliphatic heterocycles. The number of nitrogens with one attached hydrogen (secondary N) is 10. The maximum absolute atomic E-state index is 15.2. The minimum Gasteiger partial charge on any atom is -0.370 e. The molecule has 3 unspecified atom stereocenters. The van der Waals surface area contributed by atoms with E-state index in [0.29, 0.717) is 50.5 Å². The van der Waals surface area contributed by atoms with E-state index in [9.17, 15) is 75.9 Å². The molecular formula is C75H108F2N12O15. The third-order valence-corrected chi connectivity index (χ3v) is 18.8. The molecule has 14 N–H and O–H groups in total. The smallest absolute Gasteiger partial charge is 0.246 e. The fraction of sp³-hybridized carbons (Fsp3) is 0.587. The summed E-state index contributed by atoms with van der Waals surface area (Å²) in [5.74, 6) is -18.3. The van der Waals surface area contributed by atoms with Crippen molar-refractivity contribution in [2.24, 2.45) is 41.1 Å². The van der Waals surface area contributed by atoms with E-state index in [1.165, 1.54) is 75.3 Å². The molecule has 572 valence electrons. The van der Waals surface area contributed by atoms with E-state index in [1.54, 1.807) is 12.3 Å². The number of amides is 9. The van der Waals surface area contributed by atoms with Gasteiger partial charge >= 0.3 is 0 Å². The lowest BCUT2D eigenvalue weighted by Gasteiger charge is -2.33. The Labute approximate surface area is 606 Å². The Morgan fingerprint density at radius 3 is 1.87 bits per heavy atom. The summed E-state index contributed by atoms with van der Waals surface area (Å²) in [6.07, 6.45) is 7.75. The van der Waals surface area contributed by atoms with Crippen molar-refractivity contribution in [2.75, 3.05) is 13.1 Å². The van der Waals surface area contributed by atoms with E-state index >= 15 is 4.79 Å². The number of primary amides is 2. The molecule has 1 aliphatic rings. The normalized spacial score (nSPS) is 22.7. The number of rotatable bonds is 28. The van der Waals surface area contributed by atoms with E-state index in [4.69, 9.17) is 11.5 Å². The first-order chi connectivity index (χ1) is 48.8. The van der Waals surface area contributed by atoms with Gasteiger partial charge in [-0.1, -0.05) is 76.5 Å². The first-order valence-corrected chi connectivity index (χ1v) is 35.8. The Hall–Kier alpha value is -9.25. The number of hydrogen-bond donors (Lipinski definition) is 12. The first kappa shape index (κ1) is 87.2. The van der Waals surface area contributed by atoms with E-state index in [2.05, 4.69) is 52.8 Å². The standard InChI is InChI=1S/C75H108F2N12O15/c1-41(2)32-54-40-82-59(28-29-61(78)92)65(96)64(95)46(7)84-70(101)52(36-53-39-81-58-25-21-20-24-55(53)58)37-60(91)74(11,88-71(102)51(33-43(4)90)34-50-26-27-56(76)57(77)35-50)30-22-18-16-14-13-15-17-19-23-31-75(12,89-72(54)103)73(104)87-49(10)69(100)86-48(9)68(99)85-47(8)67(98)83-45(6)63(94)62(93)44(5)80-38-42(3)66(79)97/h15,17,20-21,24-27,35,39,41-42,44-49,51-52,54,59,80-82H,13-14,16,18-19,22-23,28-34,36-38,40H2,1-12H3,(H2,78,92)(H2,79,97)(H,83,98)(H,84,101)(H,85,99)(H,86,100)(H,87,104)(H,88,102)(H,89,103)/b17-15+/t42-,44-,45-,46?,47?,48-,49?,51-,52+,54+,59-,74+,75-/m0/s1. The van der Waals surface area contributed by atoms with Crippen molar-refractivity contribution in [1.82, 2.24) is 52.8 Å². The molecule has 0 saturated carbocycles. The number of hydrogen-bond acceptors (Lipinski definition) is 17. The molecule has 104 heavy (non-hydrogen) atoms. The largest absolute Gasteiger partial charge is 0.370 e. The van der Waals surface area contributed by atoms with Crippen molar-refractivity contribution >= 4 is 98.8 Å². The summed E-state index contributed by atoms with van der Waals surface area (Å²) in [4.78, 5) is 208. The summed E-state index contributed by atoms with van der Waals surface area (Å²) >= 11 is 0. The Kier molecular flexibility index (Phi) is 34.6. The zero-order chi connectivity index (χ0) is 77.9. The van der Waals surface area contributed by atoms with Gasteiger partial charge in [-0.2, -0.15) is 0 Å². The molecule has 0 radical (unpaired) electrons. The van der Waals surface area contributed by atoms with Gasteiger partial charge in [0.1, 0.15) is 29.4 Å². The molecule has 29 heteroatoms. The molecule has 3 aromatic rings. The molecule has 9 amide bonds. The van der Waals surface area contributed by atoms with Crippen LogP contribution in [-0.4, -0.2) is 159 Å². The van der Waals surface area contributed by atoms with Crippen molar-refractivity contribution in [3.05, 3.63) is 83.6 Å². The molecule has 2 heterocycles. The van der Waals surface area contributed by atoms with Gasteiger partial charge < -0.3 is 69.1 Å². The number of H-pyrrole nitrogens is 1. The predicted octanol–water partition coefficient (Wildman–Crippen LogP) is 4.02. The fourth-order valence-corrected chi connectivity index (χ4v) is 12.1. The minimum absolute atomic E-state index is 0.0170. The highest BCUT2D eigenvalue weighted by Gasteiger charge is 2.42. The third kappa shape index (κ3) is 27.4. The molecule has 27 nitrogen and oxygen atoms in total. The molecule has 0 bridgehead atoms. The monoisotopic (exact) mass is 1450 g/mol. The maximum atomic E-state index is 15.2. The number of nitrogens with two attached hydrogens (primary N) is 2. The van der Waals surface area contributed by atoms with Crippen LogP contribution in [0.4, 0.5) is 8.78 Å². The molecule has 0 saturated heterocycles. The number of Topliss-reactive ketones (excluding diaryl/α,β-unsaturated/α-hetero) is 6. The quantitative estimate of drug-likeness (QED) is 0.0361. The van der Waals surface area contributed by atoms with E-state index in [0.717, 1.165) is 23.0 Å². The van der Waals surface area contributed by atoms with E-state index < -0.39 is 184 Å². The highest BCUT2D eigenvalue weighted by atomic mass is 19.2. The summed E-state index contributed by atoms with van der Waals surface area (Å²) in [6.45, 7) is 17.2. The molecule has 2 aromatic carbocycles. The van der Waals surface area contributed by atoms with Crippen LogP contribution in [-0.2, 0) is 84.8 Å². The van der Waals surface area contributed by atoms with Crippen LogP contribution in [0.5, 0.6) is 0 Å². The molecule has 0 aliphatic carbocycles. The zero-order valence-electron chi connectivity index (χ0n) is 62.0. The van der Waals surface area contributed by atoms with Crippen LogP contribution in [0.25, 0.3) is 10.9 Å². The lowest BCUT2D eigenvalue weighted by atomic mass is 9.81. The van der Waals surface area contributed by atoms with E-state index in [1.807, 2.05) is 44.2 Å². The number of carbonyl (C=O) groups is 15. The number of allylic oxidation sites excluding steroid dienone is 2. The van der Waals surface area contributed by atoms with Gasteiger partial charge in [0.15, 0.2) is 17.4 Å². The summed E-state index contributed by atoms with van der Waals surface area (Å²) in [7, 11) is 0. The van der Waals surface area contributed by atoms with Gasteiger partial charge in [0.25, 0.3) is 0 Å². The molecule has 0 fully saturated rings. The van der Waals surface area contributed by atoms with Crippen LogP contribution in [0.1, 0.15) is 184 Å². The van der Waals surface area contributed by atoms with Crippen molar-refractivity contribution in [2.45, 2.75) is 239 Å². The second-order valence-corrected chi connectivity index (χ2v) is 28.7. The van der Waals surface area contributed by atoms with Crippen LogP contribution in [0.15, 0.2) is 60.8 Å². The van der Waals surface area contributed by atoms with Gasteiger partial charge in [0.05, 0.1) is 35.6 Å². The summed E-state index contributed by atoms with van der Waals surface area (Å²) in [6, 6.07) is 1.17. The SMILES string of the molecule is CC(=O)C[C@@H](Cc1ccc(F)c(F)c1)C(=O)N[C@]1(C)CCCCCC/C=C/CCC[C@@](C)(C(=O)NC(C)C(=O)N[C@@H](C)C(=O)NC(C)C(=O)N[C@@H](C)C(=O)C(=O)[C@H](C)NC[C@H](C)C(N)=O)NC(=O)[C@H](CC(C)C)CN[C@@H](CCC(N)=O)C(=O)C(=O)C(C)NC(=O)[C@H](Cc2c[nH]c3ccccc23)CC1=O. The molecule has 4 rings (SSSR count). The number of carbonyl (C=O) groups excluding carboxylic acids is 15. The molecule has 13 atom stereocenters. The Morgan fingerprint density at radius 2 is 1.26 bits per heavy atom. The van der Waals surface area contributed by atoms with Crippen molar-refractivity contribution < 1.29 is 80.7 Å². The number of benzene rings is 2. The summed E-state index contributed by atoms with van der Waals surface area (Å²) < 4.78 is 28.5. The average Bonchev–Trinajstić information content (AvgIpc) is 1.39. The summed E-state index contributed by atoms with van der Waals surface area (Å²) in [5.41, 5.74) is 9.02. The van der Waals surface area contributed by atoms with Gasteiger partial charge in [-0.15, -0.1) is 0 Å². The number of ketones is 6. The molecular weight excluding hydrogens is 1350 g/mol. The molecule has 0 spiro atoms. The first-order valence-electron chi connectivity index (χ1n) is 35.8. The highest BCUT2D eigenvalue weighted by Crippen LogP contribution is 2.29. The van der Waals surface area contributed by atoms with Gasteiger partial charge in [0.2, 0.25) is 76.3 Å². The zero-order valence-corrected chi connectivity index (χ0v) is 62.0. The van der Waals surface area contributed by atoms with Gasteiger partial charge in [0, 0.05) is 67.2 Å². The van der Waals surface area contributed by atoms with Crippen LogP contribution in [0.2, 0.25) is 0 Å². The molecule has 1 aromatic heterocycles. The van der Waals surface area contributed by atoms with Gasteiger partial charge in [-0.05, 0) is 162 Å². The van der Waals surface area contributed by atoms with Crippen LogP contribution < -0.4 is 59.3 Å². The van der Waals surface area contributed by atoms with Crippen LogP contribution in [0, 0.1) is 41.2 Å². The minimum atomic E-state index is -1.73. The Bertz CT molecular complexity index is 3630. The number of aromatic nitrogens is 1. The van der Waals surface area contributed by atoms with Gasteiger partial charge in [-0.3, -0.25) is 67.1 Å². The summed E-state index contributed by atoms with van der Waals surface area (Å²) in [5, 5.41) is 24.9. The number of para-hydroxylation sites is 1. The van der Waals surface area contributed by atoms with Crippen molar-refractivity contribution in [1.29, 1.82) is 0 Å². The van der Waals surface area contributed by atoms with Crippen LogP contribution >= 0.6 is 0 Å². The number of halogens is 2. The van der Waals surface area contributed by atoms with Gasteiger partial charge in [-0.25, -0.2) is 8.78 Å². The second-order valence-electron chi connectivity index (χ2n) is 28.7. The number of aromatic amines is 1.